The number of aliphatic hydroxyl groups is 1. The average molecular weight is 421 g/mol. The summed E-state index contributed by atoms with van der Waals surface area (Å²) >= 11 is 2.76. The number of thioether (sulfide) groups is 1. The topological polar surface area (TPSA) is 93.3 Å². The molecule has 2 aromatic heterocycles. The third kappa shape index (κ3) is 5.88. The Balaban J connectivity index is 1.52. The number of thiophene rings is 1. The highest BCUT2D eigenvalue weighted by atomic mass is 32.2. The van der Waals surface area contributed by atoms with E-state index in [0.29, 0.717) is 12.2 Å². The summed E-state index contributed by atoms with van der Waals surface area (Å²) in [6.07, 6.45) is 4.68. The van der Waals surface area contributed by atoms with Gasteiger partial charge in [0.05, 0.1) is 6.10 Å². The normalized spacial score (nSPS) is 12.8. The van der Waals surface area contributed by atoms with Crippen molar-refractivity contribution in [2.45, 2.75) is 28.1 Å². The van der Waals surface area contributed by atoms with Gasteiger partial charge < -0.3 is 5.11 Å². The lowest BCUT2D eigenvalue weighted by molar-refractivity contribution is 0.189. The van der Waals surface area contributed by atoms with E-state index < -0.39 is 10.0 Å². The largest absolute Gasteiger partial charge is 0.392 e. The number of primary sulfonamides is 1. The number of nitrogens with two attached hydrogens (primary N) is 1. The Kier molecular flexibility index (Phi) is 6.67. The Morgan fingerprint density at radius 2 is 1.93 bits per heavy atom. The maximum Gasteiger partial charge on any atom is 0.247 e. The standard InChI is InChI=1S/C19H20N2O3S3/c20-27(23,24)19-10-9-18(26-19)15-4-7-17(8-5-15)25-13-16(22)6-3-14-2-1-11-21-12-14/h1-2,4-5,7-12,16,22H,3,6,13H2,(H2,20,23,24). The van der Waals surface area contributed by atoms with E-state index in [4.69, 9.17) is 5.14 Å². The molecule has 1 atom stereocenters. The van der Waals surface area contributed by atoms with Gasteiger partial charge in [0.15, 0.2) is 0 Å². The zero-order valence-corrected chi connectivity index (χ0v) is 16.9. The van der Waals surface area contributed by atoms with Crippen LogP contribution in [0.15, 0.2) is 70.0 Å². The number of nitrogens with zero attached hydrogens (tertiary/aromatic N) is 1. The lowest BCUT2D eigenvalue weighted by Crippen LogP contribution is -2.11. The van der Waals surface area contributed by atoms with Crippen LogP contribution >= 0.6 is 23.1 Å². The van der Waals surface area contributed by atoms with E-state index in [2.05, 4.69) is 4.98 Å². The second-order valence-corrected chi connectivity index (χ2v) is 10.0. The summed E-state index contributed by atoms with van der Waals surface area (Å²) in [4.78, 5) is 5.99. The first-order valence-electron chi connectivity index (χ1n) is 8.34. The highest BCUT2D eigenvalue weighted by Gasteiger charge is 2.12. The number of hydrogen-bond donors (Lipinski definition) is 2. The number of benzene rings is 1. The lowest BCUT2D eigenvalue weighted by Gasteiger charge is -2.10. The molecule has 0 radical (unpaired) electrons. The molecule has 0 bridgehead atoms. The van der Waals surface area contributed by atoms with Gasteiger partial charge in [0.25, 0.3) is 0 Å². The molecule has 5 nitrogen and oxygen atoms in total. The van der Waals surface area contributed by atoms with Crippen molar-refractivity contribution in [1.82, 2.24) is 4.98 Å². The molecule has 0 saturated heterocycles. The van der Waals surface area contributed by atoms with Gasteiger partial charge in [-0.25, -0.2) is 13.6 Å². The molecule has 142 valence electrons. The molecule has 0 aliphatic heterocycles. The second kappa shape index (κ2) is 8.99. The molecule has 3 aromatic rings. The molecule has 1 unspecified atom stereocenters. The first kappa shape index (κ1) is 20.0. The van der Waals surface area contributed by atoms with Crippen LogP contribution < -0.4 is 5.14 Å². The fourth-order valence-corrected chi connectivity index (χ4v) is 5.11. The number of hydrogen-bond acceptors (Lipinski definition) is 6. The Morgan fingerprint density at radius 3 is 2.56 bits per heavy atom. The summed E-state index contributed by atoms with van der Waals surface area (Å²) < 4.78 is 22.9. The second-order valence-electron chi connectivity index (χ2n) is 6.05. The summed E-state index contributed by atoms with van der Waals surface area (Å²) in [5.74, 6) is 0.619. The van der Waals surface area contributed by atoms with Gasteiger partial charge >= 0.3 is 0 Å². The Hall–Kier alpha value is -1.71. The average Bonchev–Trinajstić information content (AvgIpc) is 3.17. The van der Waals surface area contributed by atoms with E-state index >= 15 is 0 Å². The maximum absolute atomic E-state index is 11.4. The summed E-state index contributed by atoms with van der Waals surface area (Å²) in [6.45, 7) is 0. The smallest absolute Gasteiger partial charge is 0.247 e. The van der Waals surface area contributed by atoms with E-state index in [-0.39, 0.29) is 10.3 Å². The molecule has 3 rings (SSSR count). The molecule has 2 heterocycles. The Bertz CT molecular complexity index is 971. The van der Waals surface area contributed by atoms with Crippen molar-refractivity contribution in [3.05, 3.63) is 66.5 Å². The summed E-state index contributed by atoms with van der Waals surface area (Å²) in [5.41, 5.74) is 2.07. The molecule has 27 heavy (non-hydrogen) atoms. The van der Waals surface area contributed by atoms with Crippen molar-refractivity contribution in [2.24, 2.45) is 5.14 Å². The van der Waals surface area contributed by atoms with Crippen LogP contribution in [0, 0.1) is 0 Å². The van der Waals surface area contributed by atoms with Crippen molar-refractivity contribution in [3.63, 3.8) is 0 Å². The molecule has 0 fully saturated rings. The number of rotatable bonds is 8. The molecular weight excluding hydrogens is 400 g/mol. The van der Waals surface area contributed by atoms with Crippen LogP contribution in [-0.2, 0) is 16.4 Å². The van der Waals surface area contributed by atoms with E-state index in [1.54, 1.807) is 24.0 Å². The monoisotopic (exact) mass is 420 g/mol. The fraction of sp³-hybridized carbons (Fsp3) is 0.211. The van der Waals surface area contributed by atoms with Crippen molar-refractivity contribution in [2.75, 3.05) is 5.75 Å². The molecule has 8 heteroatoms. The van der Waals surface area contributed by atoms with Crippen LogP contribution in [0.3, 0.4) is 0 Å². The summed E-state index contributed by atoms with van der Waals surface area (Å²) in [6, 6.07) is 15.0. The minimum Gasteiger partial charge on any atom is -0.392 e. The van der Waals surface area contributed by atoms with Crippen LogP contribution in [-0.4, -0.2) is 30.4 Å². The molecule has 1 aromatic carbocycles. The van der Waals surface area contributed by atoms with Gasteiger partial charge in [-0.05, 0) is 54.3 Å². The minimum absolute atomic E-state index is 0.160. The number of aliphatic hydroxyl groups excluding tert-OH is 1. The molecule has 0 saturated carbocycles. The molecule has 3 N–H and O–H groups in total. The summed E-state index contributed by atoms with van der Waals surface area (Å²) in [5, 5.41) is 15.3. The van der Waals surface area contributed by atoms with Gasteiger partial charge in [0.1, 0.15) is 4.21 Å². The van der Waals surface area contributed by atoms with Gasteiger partial charge in [-0.1, -0.05) is 18.2 Å². The Morgan fingerprint density at radius 1 is 1.15 bits per heavy atom. The quantitative estimate of drug-likeness (QED) is 0.544. The summed E-state index contributed by atoms with van der Waals surface area (Å²) in [7, 11) is -3.66. The van der Waals surface area contributed by atoms with Crippen molar-refractivity contribution >= 4 is 33.1 Å². The number of aromatic nitrogens is 1. The zero-order valence-electron chi connectivity index (χ0n) is 14.5. The first-order chi connectivity index (χ1) is 12.9. The predicted octanol–water partition coefficient (Wildman–Crippen LogP) is 3.54. The highest BCUT2D eigenvalue weighted by molar-refractivity contribution is 7.99. The molecule has 0 aliphatic rings. The predicted molar refractivity (Wildman–Crippen MR) is 110 cm³/mol. The van der Waals surface area contributed by atoms with Gasteiger partial charge in [0.2, 0.25) is 10.0 Å². The van der Waals surface area contributed by atoms with E-state index in [1.807, 2.05) is 42.6 Å². The van der Waals surface area contributed by atoms with Crippen LogP contribution in [0.25, 0.3) is 10.4 Å². The van der Waals surface area contributed by atoms with Crippen LogP contribution in [0.5, 0.6) is 0 Å². The van der Waals surface area contributed by atoms with Crippen LogP contribution in [0.1, 0.15) is 12.0 Å². The molecular formula is C19H20N2O3S3. The van der Waals surface area contributed by atoms with Crippen molar-refractivity contribution < 1.29 is 13.5 Å². The van der Waals surface area contributed by atoms with Crippen LogP contribution in [0.2, 0.25) is 0 Å². The van der Waals surface area contributed by atoms with E-state index in [0.717, 1.165) is 38.7 Å². The number of sulfonamides is 1. The number of aryl methyl sites for hydroxylation is 1. The van der Waals surface area contributed by atoms with Crippen molar-refractivity contribution in [3.8, 4) is 10.4 Å². The maximum atomic E-state index is 11.4. The van der Waals surface area contributed by atoms with Gasteiger partial charge in [0, 0.05) is 27.9 Å². The van der Waals surface area contributed by atoms with E-state index in [1.165, 1.54) is 6.07 Å². The van der Waals surface area contributed by atoms with Gasteiger partial charge in [-0.3, -0.25) is 4.98 Å². The Labute approximate surface area is 167 Å². The van der Waals surface area contributed by atoms with E-state index in [9.17, 15) is 13.5 Å². The minimum atomic E-state index is -3.66. The van der Waals surface area contributed by atoms with Crippen molar-refractivity contribution in [1.29, 1.82) is 0 Å². The highest BCUT2D eigenvalue weighted by Crippen LogP contribution is 2.31. The number of pyridine rings is 1. The van der Waals surface area contributed by atoms with Gasteiger partial charge in [-0.15, -0.1) is 23.1 Å². The van der Waals surface area contributed by atoms with Crippen LogP contribution in [0.4, 0.5) is 0 Å². The first-order valence-corrected chi connectivity index (χ1v) is 11.7. The SMILES string of the molecule is NS(=O)(=O)c1ccc(-c2ccc(SCC(O)CCc3cccnc3)cc2)s1. The lowest BCUT2D eigenvalue weighted by atomic mass is 10.1. The molecule has 0 amide bonds. The third-order valence-corrected chi connectivity index (χ3v) is 7.66. The van der Waals surface area contributed by atoms with Gasteiger partial charge in [-0.2, -0.15) is 0 Å². The zero-order chi connectivity index (χ0) is 19.3. The fourth-order valence-electron chi connectivity index (χ4n) is 2.50. The molecule has 0 spiro atoms. The molecule has 0 aliphatic carbocycles. The third-order valence-electron chi connectivity index (χ3n) is 3.93.